The summed E-state index contributed by atoms with van der Waals surface area (Å²) in [5, 5.41) is 0. The molecule has 0 spiro atoms. The van der Waals surface area contributed by atoms with Crippen LogP contribution in [-0.2, 0) is 27.8 Å². The molecule has 0 N–H and O–H groups in total. The van der Waals surface area contributed by atoms with E-state index < -0.39 is 10.0 Å². The van der Waals surface area contributed by atoms with Crippen molar-refractivity contribution in [2.24, 2.45) is 0 Å². The number of hydrogen-bond donors (Lipinski definition) is 0. The first-order valence-electron chi connectivity index (χ1n) is 8.36. The van der Waals surface area contributed by atoms with Gasteiger partial charge in [-0.2, -0.15) is 4.31 Å². The van der Waals surface area contributed by atoms with E-state index in [2.05, 4.69) is 0 Å². The molecule has 8 heteroatoms. The molecule has 0 amide bonds. The van der Waals surface area contributed by atoms with Crippen LogP contribution in [0.5, 0.6) is 5.75 Å². The van der Waals surface area contributed by atoms with Crippen LogP contribution in [-0.4, -0.2) is 33.0 Å². The maximum Gasteiger partial charge on any atom is 0.243 e. The number of methoxy groups -OCH3 is 1. The average molecular weight is 391 g/mol. The van der Waals surface area contributed by atoms with Gasteiger partial charge in [-0.05, 0) is 48.5 Å². The van der Waals surface area contributed by atoms with Crippen molar-refractivity contribution in [1.29, 1.82) is 0 Å². The Morgan fingerprint density at radius 1 is 0.889 bits per heavy atom. The summed E-state index contributed by atoms with van der Waals surface area (Å²) in [5.74, 6) is 1.67. The molecular weight excluding hydrogens is 370 g/mol. The Labute approximate surface area is 158 Å². The molecule has 0 aliphatic carbocycles. The molecule has 0 saturated carbocycles. The van der Waals surface area contributed by atoms with E-state index in [-0.39, 0.29) is 18.0 Å². The van der Waals surface area contributed by atoms with Crippen LogP contribution in [0.3, 0.4) is 0 Å². The van der Waals surface area contributed by atoms with Crippen molar-refractivity contribution in [1.82, 2.24) is 4.31 Å². The van der Waals surface area contributed by atoms with Gasteiger partial charge in [-0.25, -0.2) is 8.42 Å². The lowest BCUT2D eigenvalue weighted by Gasteiger charge is -2.20. The molecule has 0 bridgehead atoms. The second kappa shape index (κ2) is 8.90. The summed E-state index contributed by atoms with van der Waals surface area (Å²) < 4.78 is 48.6. The van der Waals surface area contributed by atoms with E-state index in [1.165, 1.54) is 29.0 Å². The Bertz CT molecular complexity index is 866. The van der Waals surface area contributed by atoms with Crippen molar-refractivity contribution in [3.05, 3.63) is 72.6 Å². The van der Waals surface area contributed by atoms with Crippen molar-refractivity contribution in [2.45, 2.75) is 18.0 Å². The number of furan rings is 2. The highest BCUT2D eigenvalue weighted by atomic mass is 32.2. The predicted molar refractivity (Wildman–Crippen MR) is 97.7 cm³/mol. The van der Waals surface area contributed by atoms with Crippen molar-refractivity contribution >= 4 is 10.0 Å². The number of benzene rings is 1. The van der Waals surface area contributed by atoms with Crippen LogP contribution >= 0.6 is 0 Å². The van der Waals surface area contributed by atoms with Crippen molar-refractivity contribution in [3.8, 4) is 5.75 Å². The standard InChI is InChI=1S/C19H21NO6S/c1-23-12-13-26-16-6-8-19(9-7-16)27(21,22)20(14-17-4-2-10-24-17)15-18-5-3-11-25-18/h2-11H,12-15H2,1H3. The normalized spacial score (nSPS) is 11.8. The summed E-state index contributed by atoms with van der Waals surface area (Å²) in [6, 6.07) is 13.2. The molecule has 0 atom stereocenters. The minimum Gasteiger partial charge on any atom is -0.491 e. The number of hydrogen-bond acceptors (Lipinski definition) is 6. The maximum atomic E-state index is 13.1. The fraction of sp³-hybridized carbons (Fsp3) is 0.263. The third-order valence-corrected chi connectivity index (χ3v) is 5.65. The van der Waals surface area contributed by atoms with Gasteiger partial charge in [0.25, 0.3) is 0 Å². The van der Waals surface area contributed by atoms with Gasteiger partial charge in [0.2, 0.25) is 10.0 Å². The molecule has 0 fully saturated rings. The summed E-state index contributed by atoms with van der Waals surface area (Å²) in [5.41, 5.74) is 0. The number of sulfonamides is 1. The zero-order valence-corrected chi connectivity index (χ0v) is 15.7. The lowest BCUT2D eigenvalue weighted by atomic mass is 10.3. The van der Waals surface area contributed by atoms with Crippen molar-refractivity contribution < 1.29 is 26.7 Å². The second-order valence-electron chi connectivity index (χ2n) is 5.74. The quantitative estimate of drug-likeness (QED) is 0.493. The summed E-state index contributed by atoms with van der Waals surface area (Å²) in [7, 11) is -2.17. The van der Waals surface area contributed by atoms with Gasteiger partial charge in [0.05, 0.1) is 37.1 Å². The van der Waals surface area contributed by atoms with Gasteiger partial charge in [-0.1, -0.05) is 0 Å². The first-order chi connectivity index (χ1) is 13.1. The molecule has 1 aromatic carbocycles. The zero-order valence-electron chi connectivity index (χ0n) is 14.9. The Morgan fingerprint density at radius 2 is 1.48 bits per heavy atom. The molecule has 27 heavy (non-hydrogen) atoms. The lowest BCUT2D eigenvalue weighted by molar-refractivity contribution is 0.146. The third kappa shape index (κ3) is 5.00. The fourth-order valence-corrected chi connectivity index (χ4v) is 3.85. The van der Waals surface area contributed by atoms with Crippen LogP contribution in [0.2, 0.25) is 0 Å². The largest absolute Gasteiger partial charge is 0.491 e. The number of nitrogens with zero attached hydrogens (tertiary/aromatic N) is 1. The zero-order chi connectivity index (χ0) is 19.1. The highest BCUT2D eigenvalue weighted by Crippen LogP contribution is 2.23. The van der Waals surface area contributed by atoms with E-state index in [4.69, 9.17) is 18.3 Å². The molecule has 3 rings (SSSR count). The van der Waals surface area contributed by atoms with Crippen LogP contribution in [0.25, 0.3) is 0 Å². The van der Waals surface area contributed by atoms with E-state index in [1.54, 1.807) is 43.5 Å². The molecule has 0 saturated heterocycles. The molecule has 2 aromatic heterocycles. The van der Waals surface area contributed by atoms with E-state index in [0.29, 0.717) is 30.5 Å². The summed E-state index contributed by atoms with van der Waals surface area (Å²) in [6.45, 7) is 1.05. The third-order valence-electron chi connectivity index (χ3n) is 3.84. The van der Waals surface area contributed by atoms with Crippen molar-refractivity contribution in [2.75, 3.05) is 20.3 Å². The van der Waals surface area contributed by atoms with Gasteiger partial charge in [-0.3, -0.25) is 0 Å². The maximum absolute atomic E-state index is 13.1. The summed E-state index contributed by atoms with van der Waals surface area (Å²) >= 11 is 0. The first-order valence-corrected chi connectivity index (χ1v) is 9.80. The SMILES string of the molecule is COCCOc1ccc(S(=O)(=O)N(Cc2ccco2)Cc2ccco2)cc1. The van der Waals surface area contributed by atoms with Crippen LogP contribution in [0.15, 0.2) is 74.8 Å². The lowest BCUT2D eigenvalue weighted by Crippen LogP contribution is -2.30. The molecule has 0 unspecified atom stereocenters. The fourth-order valence-electron chi connectivity index (χ4n) is 2.48. The van der Waals surface area contributed by atoms with E-state index >= 15 is 0 Å². The Kier molecular flexibility index (Phi) is 6.33. The predicted octanol–water partition coefficient (Wildman–Crippen LogP) is 3.29. The van der Waals surface area contributed by atoms with Crippen LogP contribution in [0.4, 0.5) is 0 Å². The van der Waals surface area contributed by atoms with Crippen LogP contribution in [0, 0.1) is 0 Å². The molecule has 144 valence electrons. The van der Waals surface area contributed by atoms with Gasteiger partial charge in [0, 0.05) is 7.11 Å². The van der Waals surface area contributed by atoms with Gasteiger partial charge in [0.1, 0.15) is 23.9 Å². The van der Waals surface area contributed by atoms with Crippen molar-refractivity contribution in [3.63, 3.8) is 0 Å². The minimum atomic E-state index is -3.76. The monoisotopic (exact) mass is 391 g/mol. The minimum absolute atomic E-state index is 0.0993. The smallest absolute Gasteiger partial charge is 0.243 e. The van der Waals surface area contributed by atoms with E-state index in [1.807, 2.05) is 0 Å². The highest BCUT2D eigenvalue weighted by molar-refractivity contribution is 7.89. The molecule has 0 radical (unpaired) electrons. The van der Waals surface area contributed by atoms with Gasteiger partial charge in [0.15, 0.2) is 0 Å². The summed E-state index contributed by atoms with van der Waals surface area (Å²) in [6.07, 6.45) is 3.03. The van der Waals surface area contributed by atoms with E-state index in [9.17, 15) is 8.42 Å². The number of ether oxygens (including phenoxy) is 2. The Morgan fingerprint density at radius 3 is 1.96 bits per heavy atom. The number of rotatable bonds is 10. The molecule has 2 heterocycles. The van der Waals surface area contributed by atoms with Gasteiger partial charge >= 0.3 is 0 Å². The topological polar surface area (TPSA) is 82.1 Å². The molecule has 0 aliphatic heterocycles. The molecule has 0 aliphatic rings. The van der Waals surface area contributed by atoms with Gasteiger partial charge < -0.3 is 18.3 Å². The Balaban J connectivity index is 1.80. The Hall–Kier alpha value is -2.55. The van der Waals surface area contributed by atoms with Crippen LogP contribution in [0.1, 0.15) is 11.5 Å². The molecule has 3 aromatic rings. The highest BCUT2D eigenvalue weighted by Gasteiger charge is 2.26. The molecular formula is C19H21NO6S. The average Bonchev–Trinajstić information content (AvgIpc) is 3.36. The van der Waals surface area contributed by atoms with Crippen LogP contribution < -0.4 is 4.74 Å². The van der Waals surface area contributed by atoms with E-state index in [0.717, 1.165) is 0 Å². The second-order valence-corrected chi connectivity index (χ2v) is 7.68. The summed E-state index contributed by atoms with van der Waals surface area (Å²) in [4.78, 5) is 0.166. The first kappa shape index (κ1) is 19.2. The van der Waals surface area contributed by atoms with Gasteiger partial charge in [-0.15, -0.1) is 0 Å². The molecule has 7 nitrogen and oxygen atoms in total.